The summed E-state index contributed by atoms with van der Waals surface area (Å²) in [6, 6.07) is 1.43. The van der Waals surface area contributed by atoms with E-state index in [0.717, 1.165) is 12.0 Å². The minimum atomic E-state index is 0.700. The molecule has 1 N–H and O–H groups in total. The van der Waals surface area contributed by atoms with Crippen molar-refractivity contribution in [2.75, 3.05) is 19.6 Å². The van der Waals surface area contributed by atoms with Gasteiger partial charge in [0.15, 0.2) is 0 Å². The molecule has 0 amide bonds. The van der Waals surface area contributed by atoms with Crippen LogP contribution in [0.1, 0.15) is 59.8 Å². The number of rotatable bonds is 7. The van der Waals surface area contributed by atoms with Gasteiger partial charge in [0.05, 0.1) is 0 Å². The zero-order valence-electron chi connectivity index (χ0n) is 12.3. The van der Waals surface area contributed by atoms with Gasteiger partial charge >= 0.3 is 0 Å². The van der Waals surface area contributed by atoms with E-state index in [0.29, 0.717) is 6.04 Å². The molecule has 1 aliphatic heterocycles. The maximum Gasteiger partial charge on any atom is 0.00705 e. The van der Waals surface area contributed by atoms with Gasteiger partial charge in [-0.15, -0.1) is 0 Å². The summed E-state index contributed by atoms with van der Waals surface area (Å²) in [7, 11) is 0. The highest BCUT2D eigenvalue weighted by Gasteiger charge is 2.24. The Morgan fingerprint density at radius 2 is 1.82 bits per heavy atom. The summed E-state index contributed by atoms with van der Waals surface area (Å²) in [6.07, 6.45) is 6.66. The van der Waals surface area contributed by atoms with Crippen LogP contribution >= 0.6 is 0 Å². The van der Waals surface area contributed by atoms with Crippen LogP contribution in [0.25, 0.3) is 0 Å². The minimum absolute atomic E-state index is 0.700. The normalized spacial score (nSPS) is 22.6. The van der Waals surface area contributed by atoms with Gasteiger partial charge in [-0.3, -0.25) is 0 Å². The molecule has 1 rings (SSSR count). The van der Waals surface area contributed by atoms with Crippen LogP contribution in [-0.4, -0.2) is 36.6 Å². The number of hydrogen-bond donors (Lipinski definition) is 1. The summed E-state index contributed by atoms with van der Waals surface area (Å²) in [5.74, 6) is 0.892. The molecule has 2 heteroatoms. The average Bonchev–Trinajstić information content (AvgIpc) is 2.38. The van der Waals surface area contributed by atoms with Gasteiger partial charge in [-0.25, -0.2) is 0 Å². The van der Waals surface area contributed by atoms with E-state index < -0.39 is 0 Å². The monoisotopic (exact) mass is 240 g/mol. The summed E-state index contributed by atoms with van der Waals surface area (Å²) >= 11 is 0. The van der Waals surface area contributed by atoms with Gasteiger partial charge in [-0.2, -0.15) is 0 Å². The maximum absolute atomic E-state index is 3.85. The second-order valence-electron chi connectivity index (χ2n) is 5.62. The maximum atomic E-state index is 3.85. The van der Waals surface area contributed by atoms with Gasteiger partial charge in [0.25, 0.3) is 0 Å². The predicted molar refractivity (Wildman–Crippen MR) is 76.4 cm³/mol. The van der Waals surface area contributed by atoms with Crippen LogP contribution in [0.3, 0.4) is 0 Å². The SMILES string of the molecule is CCCC(CC)NC(C)C1CCN(CC)CC1. The average molecular weight is 240 g/mol. The summed E-state index contributed by atoms with van der Waals surface area (Å²) in [5, 5.41) is 3.85. The summed E-state index contributed by atoms with van der Waals surface area (Å²) in [6.45, 7) is 13.1. The van der Waals surface area contributed by atoms with Gasteiger partial charge in [-0.1, -0.05) is 27.2 Å². The highest BCUT2D eigenvalue weighted by molar-refractivity contribution is 4.81. The second-order valence-corrected chi connectivity index (χ2v) is 5.62. The Morgan fingerprint density at radius 1 is 1.18 bits per heavy atom. The van der Waals surface area contributed by atoms with Crippen LogP contribution in [0.2, 0.25) is 0 Å². The first-order chi connectivity index (χ1) is 8.21. The number of likely N-dealkylation sites (tertiary alicyclic amines) is 1. The molecule has 0 aromatic carbocycles. The van der Waals surface area contributed by atoms with E-state index in [1.165, 1.54) is 51.7 Å². The van der Waals surface area contributed by atoms with Crippen molar-refractivity contribution in [1.82, 2.24) is 10.2 Å². The highest BCUT2D eigenvalue weighted by atomic mass is 15.1. The molecule has 0 radical (unpaired) electrons. The van der Waals surface area contributed by atoms with Crippen LogP contribution in [0.5, 0.6) is 0 Å². The number of piperidine rings is 1. The van der Waals surface area contributed by atoms with Gasteiger partial charge in [0, 0.05) is 12.1 Å². The largest absolute Gasteiger partial charge is 0.311 e. The highest BCUT2D eigenvalue weighted by Crippen LogP contribution is 2.21. The molecule has 0 aromatic heterocycles. The molecule has 1 aliphatic rings. The van der Waals surface area contributed by atoms with E-state index in [4.69, 9.17) is 0 Å². The molecule has 1 fully saturated rings. The van der Waals surface area contributed by atoms with Crippen LogP contribution in [0, 0.1) is 5.92 Å². The van der Waals surface area contributed by atoms with E-state index in [-0.39, 0.29) is 0 Å². The second kappa shape index (κ2) is 8.10. The Kier molecular flexibility index (Phi) is 7.14. The van der Waals surface area contributed by atoms with Gasteiger partial charge in [0.1, 0.15) is 0 Å². The van der Waals surface area contributed by atoms with E-state index >= 15 is 0 Å². The van der Waals surface area contributed by atoms with Gasteiger partial charge in [-0.05, 0) is 58.2 Å². The molecule has 102 valence electrons. The van der Waals surface area contributed by atoms with Crippen molar-refractivity contribution in [1.29, 1.82) is 0 Å². The number of hydrogen-bond acceptors (Lipinski definition) is 2. The third-order valence-corrected chi connectivity index (χ3v) is 4.42. The van der Waals surface area contributed by atoms with Crippen molar-refractivity contribution < 1.29 is 0 Å². The summed E-state index contributed by atoms with van der Waals surface area (Å²) in [5.41, 5.74) is 0. The lowest BCUT2D eigenvalue weighted by Gasteiger charge is -2.36. The Morgan fingerprint density at radius 3 is 2.29 bits per heavy atom. The lowest BCUT2D eigenvalue weighted by atomic mass is 9.89. The van der Waals surface area contributed by atoms with Crippen molar-refractivity contribution in [3.8, 4) is 0 Å². The van der Waals surface area contributed by atoms with Gasteiger partial charge in [0.2, 0.25) is 0 Å². The van der Waals surface area contributed by atoms with E-state index in [9.17, 15) is 0 Å². The molecule has 0 spiro atoms. The molecule has 17 heavy (non-hydrogen) atoms. The predicted octanol–water partition coefficient (Wildman–Crippen LogP) is 3.28. The van der Waals surface area contributed by atoms with Crippen molar-refractivity contribution in [3.63, 3.8) is 0 Å². The quantitative estimate of drug-likeness (QED) is 0.735. The third-order valence-electron chi connectivity index (χ3n) is 4.42. The Balaban J connectivity index is 2.30. The molecule has 1 heterocycles. The molecular weight excluding hydrogens is 208 g/mol. The van der Waals surface area contributed by atoms with Crippen molar-refractivity contribution in [2.45, 2.75) is 71.9 Å². The minimum Gasteiger partial charge on any atom is -0.311 e. The molecular formula is C15H32N2. The molecule has 0 saturated carbocycles. The van der Waals surface area contributed by atoms with Crippen LogP contribution < -0.4 is 5.32 Å². The van der Waals surface area contributed by atoms with Gasteiger partial charge < -0.3 is 10.2 Å². The Hall–Kier alpha value is -0.0800. The lowest BCUT2D eigenvalue weighted by molar-refractivity contribution is 0.163. The first kappa shape index (κ1) is 15.0. The first-order valence-corrected chi connectivity index (χ1v) is 7.69. The molecule has 0 aliphatic carbocycles. The molecule has 2 unspecified atom stereocenters. The summed E-state index contributed by atoms with van der Waals surface area (Å²) < 4.78 is 0. The van der Waals surface area contributed by atoms with Crippen LogP contribution in [0.4, 0.5) is 0 Å². The number of nitrogens with zero attached hydrogens (tertiary/aromatic N) is 1. The van der Waals surface area contributed by atoms with E-state index in [2.05, 4.69) is 37.9 Å². The van der Waals surface area contributed by atoms with E-state index in [1.807, 2.05) is 0 Å². The molecule has 1 saturated heterocycles. The molecule has 0 bridgehead atoms. The van der Waals surface area contributed by atoms with Crippen molar-refractivity contribution >= 4 is 0 Å². The summed E-state index contributed by atoms with van der Waals surface area (Å²) in [4.78, 5) is 2.58. The lowest BCUT2D eigenvalue weighted by Crippen LogP contribution is -2.45. The van der Waals surface area contributed by atoms with Crippen LogP contribution in [0.15, 0.2) is 0 Å². The molecule has 0 aromatic rings. The van der Waals surface area contributed by atoms with Crippen LogP contribution in [-0.2, 0) is 0 Å². The number of nitrogens with one attached hydrogen (secondary N) is 1. The first-order valence-electron chi connectivity index (χ1n) is 7.69. The fourth-order valence-corrected chi connectivity index (χ4v) is 3.03. The zero-order valence-corrected chi connectivity index (χ0v) is 12.3. The standard InChI is InChI=1S/C15H32N2/c1-5-8-15(6-2)16-13(4)14-9-11-17(7-3)12-10-14/h13-16H,5-12H2,1-4H3. The van der Waals surface area contributed by atoms with E-state index in [1.54, 1.807) is 0 Å². The molecule has 2 atom stereocenters. The topological polar surface area (TPSA) is 15.3 Å². The van der Waals surface area contributed by atoms with Crippen molar-refractivity contribution in [2.24, 2.45) is 5.92 Å². The third kappa shape index (κ3) is 4.97. The fourth-order valence-electron chi connectivity index (χ4n) is 3.03. The fraction of sp³-hybridized carbons (Fsp3) is 1.00. The smallest absolute Gasteiger partial charge is 0.00705 e. The Bertz CT molecular complexity index is 185. The zero-order chi connectivity index (χ0) is 12.7. The van der Waals surface area contributed by atoms with Crippen molar-refractivity contribution in [3.05, 3.63) is 0 Å². The molecule has 2 nitrogen and oxygen atoms in total. The Labute approximate surface area is 108 Å².